The predicted molar refractivity (Wildman–Crippen MR) is 167 cm³/mol. The van der Waals surface area contributed by atoms with Crippen LogP contribution in [0, 0.1) is 11.3 Å². The van der Waals surface area contributed by atoms with Crippen LogP contribution in [0.5, 0.6) is 0 Å². The number of ether oxygens (including phenoxy) is 2. The van der Waals surface area contributed by atoms with Gasteiger partial charge < -0.3 is 14.8 Å². The van der Waals surface area contributed by atoms with E-state index in [1.54, 1.807) is 69.8 Å². The summed E-state index contributed by atoms with van der Waals surface area (Å²) < 4.78 is 10.6. The number of thioether (sulfide) groups is 1. The number of amidine groups is 1. The third kappa shape index (κ3) is 9.48. The molecule has 42 heavy (non-hydrogen) atoms. The normalized spacial score (nSPS) is 11.1. The average molecular weight is 590 g/mol. The van der Waals surface area contributed by atoms with Crippen molar-refractivity contribution in [1.82, 2.24) is 10.6 Å². The van der Waals surface area contributed by atoms with E-state index >= 15 is 0 Å². The fourth-order valence-electron chi connectivity index (χ4n) is 3.96. The van der Waals surface area contributed by atoms with E-state index in [4.69, 9.17) is 14.9 Å². The molecule has 3 aromatic carbocycles. The second-order valence-corrected chi connectivity index (χ2v) is 12.1. The Morgan fingerprint density at radius 3 is 2.24 bits per heavy atom. The molecule has 0 fully saturated rings. The molecule has 3 N–H and O–H groups in total. The van der Waals surface area contributed by atoms with Crippen molar-refractivity contribution < 1.29 is 23.9 Å². The summed E-state index contributed by atoms with van der Waals surface area (Å²) in [5.74, 6) is 0.162. The summed E-state index contributed by atoms with van der Waals surface area (Å²) in [6, 6.07) is 20.3. The summed E-state index contributed by atoms with van der Waals surface area (Å²) in [7, 11) is 0. The van der Waals surface area contributed by atoms with Crippen LogP contribution in [0.4, 0.5) is 4.79 Å². The Balaban J connectivity index is 1.79. The zero-order valence-corrected chi connectivity index (χ0v) is 25.8. The van der Waals surface area contributed by atoms with Crippen molar-refractivity contribution in [2.24, 2.45) is 5.92 Å². The molecular formula is C33H39N3O5S. The van der Waals surface area contributed by atoms with Crippen molar-refractivity contribution in [3.8, 4) is 11.1 Å². The van der Waals surface area contributed by atoms with Crippen molar-refractivity contribution in [3.05, 3.63) is 89.0 Å². The third-order valence-electron chi connectivity index (χ3n) is 5.92. The number of rotatable bonds is 10. The lowest BCUT2D eigenvalue weighted by Gasteiger charge is -2.19. The van der Waals surface area contributed by atoms with Gasteiger partial charge in [-0.15, -0.1) is 11.8 Å². The highest BCUT2D eigenvalue weighted by molar-refractivity contribution is 7.98. The van der Waals surface area contributed by atoms with Gasteiger partial charge in [-0.1, -0.05) is 56.3 Å². The zero-order chi connectivity index (χ0) is 30.9. The van der Waals surface area contributed by atoms with Gasteiger partial charge in [-0.25, -0.2) is 9.59 Å². The number of hydrogen-bond acceptors (Lipinski definition) is 7. The van der Waals surface area contributed by atoms with E-state index in [1.165, 1.54) is 0 Å². The molecular weight excluding hydrogens is 550 g/mol. The van der Waals surface area contributed by atoms with Crippen LogP contribution in [-0.4, -0.2) is 42.6 Å². The van der Waals surface area contributed by atoms with Gasteiger partial charge >= 0.3 is 12.1 Å². The Kier molecular flexibility index (Phi) is 11.3. The first kappa shape index (κ1) is 32.4. The highest BCUT2D eigenvalue weighted by Gasteiger charge is 2.20. The maximum absolute atomic E-state index is 13.0. The van der Waals surface area contributed by atoms with Crippen molar-refractivity contribution >= 4 is 35.6 Å². The summed E-state index contributed by atoms with van der Waals surface area (Å²) in [5, 5.41) is 13.5. The topological polar surface area (TPSA) is 118 Å². The minimum absolute atomic E-state index is 0.0426. The molecule has 0 radical (unpaired) electrons. The van der Waals surface area contributed by atoms with Crippen molar-refractivity contribution in [2.75, 3.05) is 13.2 Å². The Morgan fingerprint density at radius 1 is 0.929 bits per heavy atom. The van der Waals surface area contributed by atoms with Crippen LogP contribution in [0.15, 0.2) is 71.6 Å². The molecule has 0 spiro atoms. The lowest BCUT2D eigenvalue weighted by atomic mass is 9.94. The quantitative estimate of drug-likeness (QED) is 0.101. The third-order valence-corrected chi connectivity index (χ3v) is 6.98. The first-order valence-electron chi connectivity index (χ1n) is 13.9. The van der Waals surface area contributed by atoms with Gasteiger partial charge in [0.15, 0.2) is 0 Å². The van der Waals surface area contributed by atoms with Gasteiger partial charge in [0, 0.05) is 28.3 Å². The molecule has 3 rings (SSSR count). The Hall–Kier alpha value is -4.11. The zero-order valence-electron chi connectivity index (χ0n) is 25.0. The molecule has 0 aliphatic rings. The van der Waals surface area contributed by atoms with Crippen molar-refractivity contribution in [3.63, 3.8) is 0 Å². The lowest BCUT2D eigenvalue weighted by molar-refractivity contribution is 0.0524. The molecule has 0 bridgehead atoms. The maximum atomic E-state index is 13.0. The Labute approximate surface area is 252 Å². The number of carbonyl (C=O) groups excluding carboxylic acids is 3. The average Bonchev–Trinajstić information content (AvgIpc) is 2.94. The van der Waals surface area contributed by atoms with Gasteiger partial charge in [-0.2, -0.15) is 0 Å². The van der Waals surface area contributed by atoms with Crippen LogP contribution in [-0.2, 0) is 15.2 Å². The molecule has 222 valence electrons. The number of amides is 2. The van der Waals surface area contributed by atoms with Crippen molar-refractivity contribution in [1.29, 1.82) is 5.41 Å². The highest BCUT2D eigenvalue weighted by atomic mass is 32.2. The molecule has 0 aliphatic carbocycles. The van der Waals surface area contributed by atoms with Crippen LogP contribution in [0.2, 0.25) is 0 Å². The molecule has 8 nitrogen and oxygen atoms in total. The van der Waals surface area contributed by atoms with E-state index in [1.807, 2.05) is 50.2 Å². The number of hydrogen-bond donors (Lipinski definition) is 3. The summed E-state index contributed by atoms with van der Waals surface area (Å²) >= 11 is 1.60. The van der Waals surface area contributed by atoms with Gasteiger partial charge in [0.25, 0.3) is 5.91 Å². The number of esters is 1. The second-order valence-electron chi connectivity index (χ2n) is 11.1. The monoisotopic (exact) mass is 589 g/mol. The summed E-state index contributed by atoms with van der Waals surface area (Å²) in [6.45, 7) is 11.8. The maximum Gasteiger partial charge on any atom is 0.413 e. The predicted octanol–water partition coefficient (Wildman–Crippen LogP) is 7.06. The number of nitrogens with one attached hydrogen (secondary N) is 3. The van der Waals surface area contributed by atoms with Crippen LogP contribution in [0.25, 0.3) is 11.1 Å². The summed E-state index contributed by atoms with van der Waals surface area (Å²) in [4.78, 5) is 38.7. The Morgan fingerprint density at radius 2 is 1.60 bits per heavy atom. The number of benzene rings is 3. The Bertz CT molecular complexity index is 1430. The van der Waals surface area contributed by atoms with Gasteiger partial charge in [-0.05, 0) is 74.6 Å². The van der Waals surface area contributed by atoms with Gasteiger partial charge in [0.2, 0.25) is 0 Å². The van der Waals surface area contributed by atoms with E-state index < -0.39 is 17.7 Å². The lowest BCUT2D eigenvalue weighted by Crippen LogP contribution is -2.36. The molecule has 0 saturated carbocycles. The minimum Gasteiger partial charge on any atom is -0.462 e. The van der Waals surface area contributed by atoms with Gasteiger partial charge in [0.05, 0.1) is 12.2 Å². The SMILES string of the molecule is CCOC(=O)c1cc(C(=O)NCC(C)C)ccc1-c1ccccc1CSc1ccc(C(=N)NC(=O)OC(C)(C)C)cc1. The largest absolute Gasteiger partial charge is 0.462 e. The molecule has 0 heterocycles. The van der Waals surface area contributed by atoms with E-state index in [2.05, 4.69) is 10.6 Å². The van der Waals surface area contributed by atoms with Crippen LogP contribution in [0.1, 0.15) is 73.4 Å². The van der Waals surface area contributed by atoms with E-state index in [9.17, 15) is 14.4 Å². The molecule has 2 amide bonds. The number of carbonyl (C=O) groups is 3. The van der Waals surface area contributed by atoms with Crippen molar-refractivity contribution in [2.45, 2.75) is 57.8 Å². The van der Waals surface area contributed by atoms with Crippen LogP contribution >= 0.6 is 11.8 Å². The van der Waals surface area contributed by atoms with Crippen LogP contribution < -0.4 is 10.6 Å². The molecule has 9 heteroatoms. The first-order chi connectivity index (χ1) is 19.9. The molecule has 0 aliphatic heterocycles. The van der Waals surface area contributed by atoms with Gasteiger partial charge in [0.1, 0.15) is 11.4 Å². The minimum atomic E-state index is -0.672. The van der Waals surface area contributed by atoms with Gasteiger partial charge in [-0.3, -0.25) is 15.5 Å². The first-order valence-corrected chi connectivity index (χ1v) is 14.9. The standard InChI is InChI=1S/C33H39N3O5S/c1-7-40-31(38)28-18-23(30(37)35-19-21(2)3)14-17-27(28)26-11-9-8-10-24(26)20-42-25-15-12-22(13-16-25)29(34)36-32(39)41-33(4,5)6/h8-18,21H,7,19-20H2,1-6H3,(H,35,37)(H2,34,36,39). The van der Waals surface area contributed by atoms with E-state index in [0.29, 0.717) is 40.5 Å². The smallest absolute Gasteiger partial charge is 0.413 e. The summed E-state index contributed by atoms with van der Waals surface area (Å²) in [5.41, 5.74) is 3.23. The molecule has 0 atom stereocenters. The van der Waals surface area contributed by atoms with E-state index in [-0.39, 0.29) is 18.3 Å². The summed E-state index contributed by atoms with van der Waals surface area (Å²) in [6.07, 6.45) is -0.672. The molecule has 0 aromatic heterocycles. The van der Waals surface area contributed by atoms with E-state index in [0.717, 1.165) is 16.0 Å². The molecule has 3 aromatic rings. The fraction of sp³-hybridized carbons (Fsp3) is 0.333. The highest BCUT2D eigenvalue weighted by Crippen LogP contribution is 2.33. The molecule has 0 saturated heterocycles. The van der Waals surface area contributed by atoms with Crippen LogP contribution in [0.3, 0.4) is 0 Å². The second kappa shape index (κ2) is 14.7. The fourth-order valence-corrected chi connectivity index (χ4v) is 4.87. The molecule has 0 unspecified atom stereocenters. The number of alkyl carbamates (subject to hydrolysis) is 1.